The molecule has 2 rings (SSSR count). The molecule has 0 saturated carbocycles. The highest BCUT2D eigenvalue weighted by atomic mass is 32.2. The second kappa shape index (κ2) is 6.68. The van der Waals surface area contributed by atoms with E-state index in [1.807, 2.05) is 32.2 Å². The van der Waals surface area contributed by atoms with Crippen molar-refractivity contribution < 1.29 is 9.15 Å². The van der Waals surface area contributed by atoms with Crippen LogP contribution in [0.25, 0.3) is 0 Å². The Kier molecular flexibility index (Phi) is 4.93. The summed E-state index contributed by atoms with van der Waals surface area (Å²) < 4.78 is 11.4. The molecule has 3 nitrogen and oxygen atoms in total. The van der Waals surface area contributed by atoms with E-state index in [-0.39, 0.29) is 0 Å². The zero-order valence-corrected chi connectivity index (χ0v) is 12.3. The van der Waals surface area contributed by atoms with Gasteiger partial charge >= 0.3 is 0 Å². The molecule has 2 aromatic rings. The van der Waals surface area contributed by atoms with Crippen molar-refractivity contribution in [1.29, 1.82) is 0 Å². The highest BCUT2D eigenvalue weighted by Gasteiger charge is 2.07. The summed E-state index contributed by atoms with van der Waals surface area (Å²) in [6, 6.07) is 10.1. The molecule has 1 heterocycles. The fourth-order valence-electron chi connectivity index (χ4n) is 1.85. The lowest BCUT2D eigenvalue weighted by Crippen LogP contribution is -2.04. The van der Waals surface area contributed by atoms with Gasteiger partial charge in [0.1, 0.15) is 23.9 Å². The third kappa shape index (κ3) is 3.78. The molecular formula is C15H19NO2S. The van der Waals surface area contributed by atoms with Crippen LogP contribution in [0.4, 0.5) is 0 Å². The smallest absolute Gasteiger partial charge is 0.146 e. The summed E-state index contributed by atoms with van der Waals surface area (Å²) in [7, 11) is 1.93. The average Bonchev–Trinajstić information content (AvgIpc) is 2.78. The lowest BCUT2D eigenvalue weighted by molar-refractivity contribution is 0.267. The van der Waals surface area contributed by atoms with Crippen LogP contribution in [-0.2, 0) is 13.2 Å². The van der Waals surface area contributed by atoms with Crippen LogP contribution in [0.5, 0.6) is 5.75 Å². The summed E-state index contributed by atoms with van der Waals surface area (Å²) in [5.74, 6) is 2.67. The molecule has 0 saturated heterocycles. The maximum absolute atomic E-state index is 5.71. The van der Waals surface area contributed by atoms with Gasteiger partial charge < -0.3 is 14.5 Å². The normalized spacial score (nSPS) is 10.7. The first-order chi connectivity index (χ1) is 9.22. The molecule has 0 bridgehead atoms. The number of furan rings is 1. The fraction of sp³-hybridized carbons (Fsp3) is 0.333. The summed E-state index contributed by atoms with van der Waals surface area (Å²) in [5, 5.41) is 3.12. The molecule has 4 heteroatoms. The Hall–Kier alpha value is -1.39. The van der Waals surface area contributed by atoms with Gasteiger partial charge in [-0.1, -0.05) is 0 Å². The molecule has 0 aliphatic carbocycles. The summed E-state index contributed by atoms with van der Waals surface area (Å²) in [5.41, 5.74) is 1.18. The Morgan fingerprint density at radius 1 is 1.26 bits per heavy atom. The van der Waals surface area contributed by atoms with E-state index in [1.54, 1.807) is 11.8 Å². The monoisotopic (exact) mass is 277 g/mol. The van der Waals surface area contributed by atoms with Crippen LogP contribution in [0.2, 0.25) is 0 Å². The van der Waals surface area contributed by atoms with Crippen molar-refractivity contribution in [3.05, 3.63) is 47.4 Å². The first-order valence-corrected chi connectivity index (χ1v) is 7.45. The van der Waals surface area contributed by atoms with Gasteiger partial charge in [-0.2, -0.15) is 0 Å². The molecule has 1 aromatic heterocycles. The van der Waals surface area contributed by atoms with E-state index in [9.17, 15) is 0 Å². The van der Waals surface area contributed by atoms with E-state index < -0.39 is 0 Å². The molecule has 102 valence electrons. The van der Waals surface area contributed by atoms with E-state index >= 15 is 0 Å². The molecule has 0 fully saturated rings. The summed E-state index contributed by atoms with van der Waals surface area (Å²) in [4.78, 5) is 1.23. The van der Waals surface area contributed by atoms with Crippen molar-refractivity contribution in [3.8, 4) is 5.75 Å². The van der Waals surface area contributed by atoms with E-state index in [2.05, 4.69) is 23.7 Å². The quantitative estimate of drug-likeness (QED) is 0.818. The van der Waals surface area contributed by atoms with Crippen LogP contribution < -0.4 is 10.1 Å². The second-order valence-electron chi connectivity index (χ2n) is 4.29. The minimum Gasteiger partial charge on any atom is -0.486 e. The van der Waals surface area contributed by atoms with Crippen molar-refractivity contribution in [2.45, 2.75) is 25.0 Å². The topological polar surface area (TPSA) is 34.4 Å². The van der Waals surface area contributed by atoms with Crippen LogP contribution in [0.3, 0.4) is 0 Å². The van der Waals surface area contributed by atoms with Crippen molar-refractivity contribution in [2.75, 3.05) is 13.3 Å². The summed E-state index contributed by atoms with van der Waals surface area (Å²) >= 11 is 1.72. The predicted molar refractivity (Wildman–Crippen MR) is 78.8 cm³/mol. The lowest BCUT2D eigenvalue weighted by atomic mass is 10.2. The Bertz CT molecular complexity index is 519. The van der Waals surface area contributed by atoms with E-state index in [0.717, 1.165) is 23.8 Å². The minimum atomic E-state index is 0.461. The van der Waals surface area contributed by atoms with Crippen molar-refractivity contribution in [3.63, 3.8) is 0 Å². The average molecular weight is 277 g/mol. The number of thioether (sulfide) groups is 1. The maximum Gasteiger partial charge on any atom is 0.146 e. The minimum absolute atomic E-state index is 0.461. The van der Waals surface area contributed by atoms with Crippen molar-refractivity contribution >= 4 is 11.8 Å². The Labute approximate surface area is 118 Å². The first kappa shape index (κ1) is 14.0. The number of nitrogens with one attached hydrogen (secondary N) is 1. The molecule has 0 aliphatic rings. The summed E-state index contributed by atoms with van der Waals surface area (Å²) in [6.07, 6.45) is 2.06. The van der Waals surface area contributed by atoms with Gasteiger partial charge in [0, 0.05) is 17.0 Å². The van der Waals surface area contributed by atoms with Gasteiger partial charge in [0.25, 0.3) is 0 Å². The predicted octanol–water partition coefficient (Wildman–Crippen LogP) is 3.61. The molecule has 19 heavy (non-hydrogen) atoms. The standard InChI is InChI=1S/C15H19NO2S/c1-11-12(9-16-2)8-14(18-11)10-17-13-4-6-15(19-3)7-5-13/h4-8,16H,9-10H2,1-3H3. The second-order valence-corrected chi connectivity index (χ2v) is 5.17. The Morgan fingerprint density at radius 3 is 2.63 bits per heavy atom. The molecule has 0 spiro atoms. The third-order valence-electron chi connectivity index (χ3n) is 2.88. The van der Waals surface area contributed by atoms with Gasteiger partial charge in [-0.3, -0.25) is 0 Å². The molecule has 0 unspecified atom stereocenters. The molecule has 0 radical (unpaired) electrons. The molecule has 0 amide bonds. The molecule has 0 aliphatic heterocycles. The third-order valence-corrected chi connectivity index (χ3v) is 3.62. The van der Waals surface area contributed by atoms with Crippen LogP contribution >= 0.6 is 11.8 Å². The van der Waals surface area contributed by atoms with E-state index in [0.29, 0.717) is 6.61 Å². The molecule has 1 aromatic carbocycles. The van der Waals surface area contributed by atoms with Gasteiger partial charge in [0.2, 0.25) is 0 Å². The SMILES string of the molecule is CNCc1cc(COc2ccc(SC)cc2)oc1C. The van der Waals surface area contributed by atoms with Crippen molar-refractivity contribution in [1.82, 2.24) is 5.32 Å². The van der Waals surface area contributed by atoms with Gasteiger partial charge in [-0.25, -0.2) is 0 Å². The number of aryl methyl sites for hydroxylation is 1. The molecule has 0 atom stereocenters. The lowest BCUT2D eigenvalue weighted by Gasteiger charge is -2.04. The number of hydrogen-bond donors (Lipinski definition) is 1. The zero-order valence-electron chi connectivity index (χ0n) is 11.5. The van der Waals surface area contributed by atoms with Crippen LogP contribution in [0.15, 0.2) is 39.6 Å². The van der Waals surface area contributed by atoms with Crippen LogP contribution in [0, 0.1) is 6.92 Å². The first-order valence-electron chi connectivity index (χ1n) is 6.22. The zero-order chi connectivity index (χ0) is 13.7. The van der Waals surface area contributed by atoms with Gasteiger partial charge in [-0.05, 0) is 50.6 Å². The number of hydrogen-bond acceptors (Lipinski definition) is 4. The van der Waals surface area contributed by atoms with E-state index in [4.69, 9.17) is 9.15 Å². The largest absolute Gasteiger partial charge is 0.486 e. The number of benzene rings is 1. The van der Waals surface area contributed by atoms with Gasteiger partial charge in [0.05, 0.1) is 0 Å². The summed E-state index contributed by atoms with van der Waals surface area (Å²) in [6.45, 7) is 3.25. The Morgan fingerprint density at radius 2 is 2.00 bits per heavy atom. The van der Waals surface area contributed by atoms with Crippen molar-refractivity contribution in [2.24, 2.45) is 0 Å². The van der Waals surface area contributed by atoms with Crippen LogP contribution in [0.1, 0.15) is 17.1 Å². The number of ether oxygens (including phenoxy) is 1. The molecular weight excluding hydrogens is 258 g/mol. The Balaban J connectivity index is 1.95. The molecule has 1 N–H and O–H groups in total. The van der Waals surface area contributed by atoms with Gasteiger partial charge in [0.15, 0.2) is 0 Å². The highest BCUT2D eigenvalue weighted by molar-refractivity contribution is 7.98. The highest BCUT2D eigenvalue weighted by Crippen LogP contribution is 2.21. The van der Waals surface area contributed by atoms with Crippen LogP contribution in [-0.4, -0.2) is 13.3 Å². The fourth-order valence-corrected chi connectivity index (χ4v) is 2.26. The van der Waals surface area contributed by atoms with Gasteiger partial charge in [-0.15, -0.1) is 11.8 Å². The maximum atomic E-state index is 5.71. The van der Waals surface area contributed by atoms with E-state index in [1.165, 1.54) is 10.5 Å². The number of rotatable bonds is 6.